The van der Waals surface area contributed by atoms with E-state index in [2.05, 4.69) is 30.7 Å². The number of aromatic nitrogens is 3. The molecule has 1 fully saturated rings. The summed E-state index contributed by atoms with van der Waals surface area (Å²) in [6.45, 7) is 3.48. The zero-order valence-corrected chi connectivity index (χ0v) is 18.2. The Kier molecular flexibility index (Phi) is 7.26. The highest BCUT2D eigenvalue weighted by atomic mass is 127. The molecule has 4 heterocycles. The van der Waals surface area contributed by atoms with Crippen LogP contribution in [0.2, 0.25) is 0 Å². The first-order valence-electron chi connectivity index (χ1n) is 9.36. The van der Waals surface area contributed by atoms with Gasteiger partial charge in [0.25, 0.3) is 0 Å². The molecule has 0 aromatic carbocycles. The van der Waals surface area contributed by atoms with Crippen LogP contribution >= 0.6 is 24.0 Å². The van der Waals surface area contributed by atoms with Crippen LogP contribution in [-0.2, 0) is 6.54 Å². The van der Waals surface area contributed by atoms with Crippen LogP contribution in [0.15, 0.2) is 52.2 Å². The van der Waals surface area contributed by atoms with E-state index in [9.17, 15) is 0 Å². The van der Waals surface area contributed by atoms with Crippen molar-refractivity contribution in [2.24, 2.45) is 4.99 Å². The topological polar surface area (TPSA) is 83.0 Å². The molecule has 1 saturated heterocycles. The van der Waals surface area contributed by atoms with Crippen molar-refractivity contribution in [3.63, 3.8) is 0 Å². The van der Waals surface area contributed by atoms with Crippen molar-refractivity contribution in [3.05, 3.63) is 54.4 Å². The minimum Gasteiger partial charge on any atom is -0.468 e. The van der Waals surface area contributed by atoms with E-state index < -0.39 is 0 Å². The van der Waals surface area contributed by atoms with E-state index in [1.165, 1.54) is 12.8 Å². The van der Waals surface area contributed by atoms with Gasteiger partial charge in [-0.2, -0.15) is 0 Å². The van der Waals surface area contributed by atoms with Crippen LogP contribution in [0.4, 0.5) is 0 Å². The van der Waals surface area contributed by atoms with E-state index in [-0.39, 0.29) is 30.0 Å². The second-order valence-electron chi connectivity index (χ2n) is 6.63. The second-order valence-corrected chi connectivity index (χ2v) is 6.63. The molecule has 3 aromatic rings. The number of rotatable bonds is 6. The Hall–Kier alpha value is -2.14. The van der Waals surface area contributed by atoms with Gasteiger partial charge in [-0.15, -0.1) is 34.2 Å². The Balaban J connectivity index is 0.00000225. The molecule has 3 aromatic heterocycles. The SMILES string of the molecule is CN=C(NCc1nnc2ccccn12)NCC(c1ccco1)N1CCCC1.I. The standard InChI is InChI=1S/C19H25N7O.HI/c1-20-19(22-14-18-24-23-17-8-2-3-11-26(17)18)21-13-15(16-7-6-12-27-16)25-9-4-5-10-25;/h2-3,6-8,11-12,15H,4-5,9-10,13-14H2,1H3,(H2,20,21,22);1H. The third-order valence-corrected chi connectivity index (χ3v) is 4.94. The lowest BCUT2D eigenvalue weighted by Crippen LogP contribution is -2.42. The number of fused-ring (bicyclic) bond motifs is 1. The number of halogens is 1. The second kappa shape index (κ2) is 9.87. The molecule has 4 rings (SSSR count). The minimum atomic E-state index is 0. The third kappa shape index (κ3) is 4.64. The summed E-state index contributed by atoms with van der Waals surface area (Å²) in [7, 11) is 1.77. The molecule has 0 spiro atoms. The van der Waals surface area contributed by atoms with Gasteiger partial charge in [-0.05, 0) is 50.2 Å². The van der Waals surface area contributed by atoms with Gasteiger partial charge in [0.05, 0.1) is 18.8 Å². The molecule has 28 heavy (non-hydrogen) atoms. The number of aliphatic imine (C=N–C) groups is 1. The summed E-state index contributed by atoms with van der Waals surface area (Å²) < 4.78 is 7.65. The smallest absolute Gasteiger partial charge is 0.191 e. The maximum absolute atomic E-state index is 5.68. The van der Waals surface area contributed by atoms with Crippen molar-refractivity contribution >= 4 is 35.6 Å². The van der Waals surface area contributed by atoms with Gasteiger partial charge in [0, 0.05) is 19.8 Å². The first-order chi connectivity index (χ1) is 13.3. The van der Waals surface area contributed by atoms with Gasteiger partial charge in [0.2, 0.25) is 0 Å². The first kappa shape index (κ1) is 20.6. The number of nitrogens with zero attached hydrogens (tertiary/aromatic N) is 5. The monoisotopic (exact) mass is 495 g/mol. The Morgan fingerprint density at radius 3 is 2.79 bits per heavy atom. The highest BCUT2D eigenvalue weighted by molar-refractivity contribution is 14.0. The first-order valence-corrected chi connectivity index (χ1v) is 9.36. The maximum Gasteiger partial charge on any atom is 0.191 e. The van der Waals surface area contributed by atoms with Gasteiger partial charge in [-0.3, -0.25) is 14.3 Å². The average Bonchev–Trinajstić information content (AvgIpc) is 3.47. The van der Waals surface area contributed by atoms with Crippen molar-refractivity contribution in [3.8, 4) is 0 Å². The van der Waals surface area contributed by atoms with Gasteiger partial charge in [-0.25, -0.2) is 0 Å². The number of likely N-dealkylation sites (tertiary alicyclic amines) is 1. The Labute approximate surface area is 181 Å². The van der Waals surface area contributed by atoms with Crippen LogP contribution in [0.1, 0.15) is 30.5 Å². The van der Waals surface area contributed by atoms with E-state index in [0.717, 1.165) is 42.8 Å². The molecule has 1 aliphatic heterocycles. The molecular weight excluding hydrogens is 469 g/mol. The van der Waals surface area contributed by atoms with Gasteiger partial charge in [0.15, 0.2) is 17.4 Å². The fourth-order valence-corrected chi connectivity index (χ4v) is 3.53. The van der Waals surface area contributed by atoms with Crippen molar-refractivity contribution < 1.29 is 4.42 Å². The molecule has 0 aliphatic carbocycles. The summed E-state index contributed by atoms with van der Waals surface area (Å²) in [6, 6.07) is 10.1. The lowest BCUT2D eigenvalue weighted by molar-refractivity contribution is 0.215. The molecule has 8 nitrogen and oxygen atoms in total. The third-order valence-electron chi connectivity index (χ3n) is 4.94. The predicted molar refractivity (Wildman–Crippen MR) is 119 cm³/mol. The van der Waals surface area contributed by atoms with Crippen molar-refractivity contribution in [2.45, 2.75) is 25.4 Å². The molecule has 1 aliphatic rings. The molecule has 150 valence electrons. The number of furan rings is 1. The zero-order chi connectivity index (χ0) is 18.5. The van der Waals surface area contributed by atoms with Gasteiger partial charge < -0.3 is 15.1 Å². The Bertz CT molecular complexity index is 887. The lowest BCUT2D eigenvalue weighted by atomic mass is 10.2. The van der Waals surface area contributed by atoms with Crippen LogP contribution in [0.3, 0.4) is 0 Å². The molecule has 9 heteroatoms. The molecule has 0 bridgehead atoms. The summed E-state index contributed by atoms with van der Waals surface area (Å²) >= 11 is 0. The quantitative estimate of drug-likeness (QED) is 0.311. The highest BCUT2D eigenvalue weighted by Crippen LogP contribution is 2.24. The van der Waals surface area contributed by atoms with E-state index in [0.29, 0.717) is 6.54 Å². The van der Waals surface area contributed by atoms with Crippen LogP contribution in [-0.4, -0.2) is 52.1 Å². The molecule has 0 amide bonds. The summed E-state index contributed by atoms with van der Waals surface area (Å²) in [6.07, 6.45) is 6.18. The minimum absolute atomic E-state index is 0. The van der Waals surface area contributed by atoms with Gasteiger partial charge >= 0.3 is 0 Å². The Morgan fingerprint density at radius 2 is 2.04 bits per heavy atom. The predicted octanol–water partition coefficient (Wildman–Crippen LogP) is 2.44. The number of hydrogen-bond donors (Lipinski definition) is 2. The summed E-state index contributed by atoms with van der Waals surface area (Å²) in [5, 5.41) is 15.2. The fraction of sp³-hybridized carbons (Fsp3) is 0.421. The van der Waals surface area contributed by atoms with Crippen LogP contribution in [0, 0.1) is 0 Å². The summed E-state index contributed by atoms with van der Waals surface area (Å²) in [5.74, 6) is 2.57. The van der Waals surface area contributed by atoms with E-state index in [1.54, 1.807) is 13.3 Å². The molecule has 1 atom stereocenters. The molecule has 0 saturated carbocycles. The number of pyridine rings is 1. The van der Waals surface area contributed by atoms with Crippen LogP contribution in [0.5, 0.6) is 0 Å². The fourth-order valence-electron chi connectivity index (χ4n) is 3.53. The van der Waals surface area contributed by atoms with E-state index in [4.69, 9.17) is 4.42 Å². The van der Waals surface area contributed by atoms with Crippen LogP contribution < -0.4 is 10.6 Å². The average molecular weight is 495 g/mol. The van der Waals surface area contributed by atoms with Crippen molar-refractivity contribution in [2.75, 3.05) is 26.7 Å². The van der Waals surface area contributed by atoms with Crippen molar-refractivity contribution in [1.29, 1.82) is 0 Å². The molecule has 2 N–H and O–H groups in total. The summed E-state index contributed by atoms with van der Waals surface area (Å²) in [4.78, 5) is 6.80. The molecule has 1 unspecified atom stereocenters. The van der Waals surface area contributed by atoms with E-state index >= 15 is 0 Å². The Morgan fingerprint density at radius 1 is 1.18 bits per heavy atom. The highest BCUT2D eigenvalue weighted by Gasteiger charge is 2.25. The van der Waals surface area contributed by atoms with Crippen molar-refractivity contribution in [1.82, 2.24) is 30.1 Å². The van der Waals surface area contributed by atoms with Crippen LogP contribution in [0.25, 0.3) is 5.65 Å². The van der Waals surface area contributed by atoms with Gasteiger partial charge in [0.1, 0.15) is 5.76 Å². The largest absolute Gasteiger partial charge is 0.468 e. The summed E-state index contributed by atoms with van der Waals surface area (Å²) in [5.41, 5.74) is 0.837. The number of hydrogen-bond acceptors (Lipinski definition) is 5. The lowest BCUT2D eigenvalue weighted by Gasteiger charge is -2.26. The maximum atomic E-state index is 5.68. The zero-order valence-electron chi connectivity index (χ0n) is 15.9. The number of guanidine groups is 1. The van der Waals surface area contributed by atoms with E-state index in [1.807, 2.05) is 40.9 Å². The number of nitrogens with one attached hydrogen (secondary N) is 2. The normalized spacial score (nSPS) is 16.1. The van der Waals surface area contributed by atoms with Gasteiger partial charge in [-0.1, -0.05) is 6.07 Å². The molecular formula is C19H26IN7O. The molecule has 0 radical (unpaired) electrons.